The summed E-state index contributed by atoms with van der Waals surface area (Å²) in [5, 5.41) is 4.30. The molecule has 1 amide bonds. The van der Waals surface area contributed by atoms with Gasteiger partial charge in [0.25, 0.3) is 5.91 Å². The Morgan fingerprint density at radius 3 is 2.78 bits per heavy atom. The van der Waals surface area contributed by atoms with Gasteiger partial charge in [-0.25, -0.2) is 0 Å². The minimum absolute atomic E-state index is 0.212. The first-order valence-electron chi connectivity index (χ1n) is 7.09. The highest BCUT2D eigenvalue weighted by Crippen LogP contribution is 2.26. The van der Waals surface area contributed by atoms with Gasteiger partial charge in [0, 0.05) is 22.2 Å². The molecule has 2 aromatic carbocycles. The molecule has 0 aliphatic heterocycles. The second kappa shape index (κ2) is 6.26. The zero-order valence-electron chi connectivity index (χ0n) is 12.8. The highest BCUT2D eigenvalue weighted by atomic mass is 35.5. The van der Waals surface area contributed by atoms with Crippen molar-refractivity contribution in [3.63, 3.8) is 0 Å². The second-order valence-electron chi connectivity index (χ2n) is 5.16. The molecule has 116 valence electrons. The minimum atomic E-state index is -0.212. The van der Waals surface area contributed by atoms with Crippen LogP contribution in [0, 0.1) is 6.92 Å². The van der Waals surface area contributed by atoms with E-state index in [1.54, 1.807) is 43.6 Å². The molecule has 3 aromatic rings. The van der Waals surface area contributed by atoms with Crippen molar-refractivity contribution in [2.75, 3.05) is 12.4 Å². The number of carbonyl (C=O) groups is 1. The smallest absolute Gasteiger partial charge is 0.255 e. The van der Waals surface area contributed by atoms with Crippen molar-refractivity contribution in [2.45, 2.75) is 6.92 Å². The van der Waals surface area contributed by atoms with Crippen LogP contribution in [0.2, 0.25) is 5.02 Å². The molecule has 0 saturated carbocycles. The molecule has 0 spiro atoms. The van der Waals surface area contributed by atoms with Crippen LogP contribution in [0.5, 0.6) is 5.75 Å². The van der Waals surface area contributed by atoms with Gasteiger partial charge < -0.3 is 10.1 Å². The molecular formula is C18H15ClN2O2. The van der Waals surface area contributed by atoms with Gasteiger partial charge in [-0.1, -0.05) is 17.7 Å². The molecule has 3 rings (SSSR count). The number of ether oxygens (including phenoxy) is 1. The number of aromatic nitrogens is 1. The summed E-state index contributed by atoms with van der Waals surface area (Å²) >= 11 is 6.04. The summed E-state index contributed by atoms with van der Waals surface area (Å²) in [6, 6.07) is 12.5. The van der Waals surface area contributed by atoms with E-state index in [2.05, 4.69) is 10.3 Å². The molecule has 0 aliphatic carbocycles. The zero-order chi connectivity index (χ0) is 16.4. The van der Waals surface area contributed by atoms with Crippen LogP contribution in [0.1, 0.15) is 15.9 Å². The van der Waals surface area contributed by atoms with Crippen LogP contribution in [-0.2, 0) is 0 Å². The van der Waals surface area contributed by atoms with Gasteiger partial charge >= 0.3 is 0 Å². The first-order valence-corrected chi connectivity index (χ1v) is 7.46. The Morgan fingerprint density at radius 2 is 2.00 bits per heavy atom. The van der Waals surface area contributed by atoms with Crippen molar-refractivity contribution < 1.29 is 9.53 Å². The van der Waals surface area contributed by atoms with Crippen LogP contribution >= 0.6 is 11.6 Å². The van der Waals surface area contributed by atoms with E-state index in [0.717, 1.165) is 16.5 Å². The Bertz CT molecular complexity index is 893. The maximum absolute atomic E-state index is 12.5. The maximum Gasteiger partial charge on any atom is 0.255 e. The third-order valence-electron chi connectivity index (χ3n) is 3.62. The number of hydrogen-bond donors (Lipinski definition) is 1. The largest absolute Gasteiger partial charge is 0.496 e. The number of nitrogens with zero attached hydrogens (tertiary/aromatic N) is 1. The van der Waals surface area contributed by atoms with Gasteiger partial charge in [0.2, 0.25) is 0 Å². The van der Waals surface area contributed by atoms with E-state index in [1.807, 2.05) is 19.1 Å². The van der Waals surface area contributed by atoms with Crippen LogP contribution in [-0.4, -0.2) is 18.0 Å². The molecule has 0 saturated heterocycles. The standard InChI is InChI=1S/C18H15ClN2O2/c1-11-3-4-12(9-17(11)23-2)18(22)21-16-7-8-20-15-6-5-13(19)10-14(15)16/h3-10H,1-2H3,(H,20,21,22). The number of halogens is 1. The quantitative estimate of drug-likeness (QED) is 0.773. The first kappa shape index (κ1) is 15.3. The van der Waals surface area contributed by atoms with E-state index in [0.29, 0.717) is 22.0 Å². The van der Waals surface area contributed by atoms with Crippen molar-refractivity contribution in [1.82, 2.24) is 4.98 Å². The molecule has 0 radical (unpaired) electrons. The van der Waals surface area contributed by atoms with Crippen LogP contribution in [0.15, 0.2) is 48.7 Å². The predicted molar refractivity (Wildman–Crippen MR) is 92.4 cm³/mol. The summed E-state index contributed by atoms with van der Waals surface area (Å²) < 4.78 is 5.26. The van der Waals surface area contributed by atoms with Crippen molar-refractivity contribution >= 4 is 34.1 Å². The van der Waals surface area contributed by atoms with Crippen LogP contribution in [0.4, 0.5) is 5.69 Å². The van der Waals surface area contributed by atoms with Crippen LogP contribution in [0.25, 0.3) is 10.9 Å². The Labute approximate surface area is 139 Å². The highest BCUT2D eigenvalue weighted by Gasteiger charge is 2.11. The number of fused-ring (bicyclic) bond motifs is 1. The molecule has 1 N–H and O–H groups in total. The number of benzene rings is 2. The van der Waals surface area contributed by atoms with Crippen molar-refractivity contribution in [2.24, 2.45) is 0 Å². The van der Waals surface area contributed by atoms with Crippen LogP contribution < -0.4 is 10.1 Å². The monoisotopic (exact) mass is 326 g/mol. The Morgan fingerprint density at radius 1 is 1.17 bits per heavy atom. The third-order valence-corrected chi connectivity index (χ3v) is 3.86. The molecule has 0 unspecified atom stereocenters. The second-order valence-corrected chi connectivity index (χ2v) is 5.59. The molecular weight excluding hydrogens is 312 g/mol. The van der Waals surface area contributed by atoms with Gasteiger partial charge in [-0.15, -0.1) is 0 Å². The number of methoxy groups -OCH3 is 1. The fourth-order valence-corrected chi connectivity index (χ4v) is 2.56. The molecule has 4 nitrogen and oxygen atoms in total. The van der Waals surface area contributed by atoms with E-state index in [4.69, 9.17) is 16.3 Å². The molecule has 1 aromatic heterocycles. The normalized spacial score (nSPS) is 10.6. The number of anilines is 1. The maximum atomic E-state index is 12.5. The van der Waals surface area contributed by atoms with Gasteiger partial charge in [-0.05, 0) is 48.9 Å². The number of amides is 1. The lowest BCUT2D eigenvalue weighted by Crippen LogP contribution is -2.12. The molecule has 0 atom stereocenters. The van der Waals surface area contributed by atoms with Gasteiger partial charge in [-0.3, -0.25) is 9.78 Å². The highest BCUT2D eigenvalue weighted by molar-refractivity contribution is 6.31. The summed E-state index contributed by atoms with van der Waals surface area (Å²) in [5.41, 5.74) is 2.94. The molecule has 1 heterocycles. The van der Waals surface area contributed by atoms with Crippen molar-refractivity contribution in [3.8, 4) is 5.75 Å². The van der Waals surface area contributed by atoms with Gasteiger partial charge in [-0.2, -0.15) is 0 Å². The van der Waals surface area contributed by atoms with Gasteiger partial charge in [0.1, 0.15) is 5.75 Å². The topological polar surface area (TPSA) is 51.2 Å². The average Bonchev–Trinajstić information content (AvgIpc) is 2.55. The van der Waals surface area contributed by atoms with Gasteiger partial charge in [0.05, 0.1) is 18.3 Å². The molecule has 0 bridgehead atoms. The summed E-state index contributed by atoms with van der Waals surface area (Å²) in [7, 11) is 1.59. The summed E-state index contributed by atoms with van der Waals surface area (Å²) in [6.45, 7) is 1.93. The average molecular weight is 327 g/mol. The lowest BCUT2D eigenvalue weighted by atomic mass is 10.1. The van der Waals surface area contributed by atoms with Crippen molar-refractivity contribution in [3.05, 3.63) is 64.8 Å². The lowest BCUT2D eigenvalue weighted by molar-refractivity contribution is 0.102. The number of rotatable bonds is 3. The number of nitrogens with one attached hydrogen (secondary N) is 1. The number of carbonyl (C=O) groups excluding carboxylic acids is 1. The molecule has 0 aliphatic rings. The fourth-order valence-electron chi connectivity index (χ4n) is 2.38. The SMILES string of the molecule is COc1cc(C(=O)Nc2ccnc3ccc(Cl)cc23)ccc1C. The van der Waals surface area contributed by atoms with E-state index < -0.39 is 0 Å². The summed E-state index contributed by atoms with van der Waals surface area (Å²) in [6.07, 6.45) is 1.65. The Balaban J connectivity index is 1.96. The lowest BCUT2D eigenvalue weighted by Gasteiger charge is -2.10. The number of pyridine rings is 1. The molecule has 23 heavy (non-hydrogen) atoms. The van der Waals surface area contributed by atoms with E-state index in [1.165, 1.54) is 0 Å². The van der Waals surface area contributed by atoms with E-state index in [9.17, 15) is 4.79 Å². The predicted octanol–water partition coefficient (Wildman–Crippen LogP) is 4.46. The minimum Gasteiger partial charge on any atom is -0.496 e. The summed E-state index contributed by atoms with van der Waals surface area (Å²) in [4.78, 5) is 16.8. The number of hydrogen-bond acceptors (Lipinski definition) is 3. The first-order chi connectivity index (χ1) is 11.1. The third kappa shape index (κ3) is 3.12. The number of aryl methyl sites for hydroxylation is 1. The Kier molecular flexibility index (Phi) is 4.17. The zero-order valence-corrected chi connectivity index (χ0v) is 13.5. The van der Waals surface area contributed by atoms with E-state index >= 15 is 0 Å². The van der Waals surface area contributed by atoms with Crippen LogP contribution in [0.3, 0.4) is 0 Å². The fraction of sp³-hybridized carbons (Fsp3) is 0.111. The van der Waals surface area contributed by atoms with E-state index in [-0.39, 0.29) is 5.91 Å². The van der Waals surface area contributed by atoms with Gasteiger partial charge in [0.15, 0.2) is 0 Å². The van der Waals surface area contributed by atoms with Crippen molar-refractivity contribution in [1.29, 1.82) is 0 Å². The molecule has 0 fully saturated rings. The summed E-state index contributed by atoms with van der Waals surface area (Å²) in [5.74, 6) is 0.469. The Hall–Kier alpha value is -2.59. The molecule has 5 heteroatoms.